The van der Waals surface area contributed by atoms with Crippen LogP contribution in [0.2, 0.25) is 0 Å². The van der Waals surface area contributed by atoms with E-state index in [0.717, 1.165) is 12.8 Å². The fraction of sp³-hybridized carbons (Fsp3) is 0.438. The molecule has 1 saturated carbocycles. The number of hydrogen-bond donors (Lipinski definition) is 0. The summed E-state index contributed by atoms with van der Waals surface area (Å²) in [6.45, 7) is 0.0144. The largest absolute Gasteiger partial charge is 0.478 e. The first-order chi connectivity index (χ1) is 9.72. The number of fused-ring (bicyclic) bond motifs is 1. The van der Waals surface area contributed by atoms with Crippen LogP contribution in [0.5, 0.6) is 5.75 Å². The van der Waals surface area contributed by atoms with Crippen LogP contribution in [0, 0.1) is 18.2 Å². The first-order valence-corrected chi connectivity index (χ1v) is 6.91. The van der Waals surface area contributed by atoms with Gasteiger partial charge in [-0.25, -0.2) is 4.39 Å². The molecule has 1 aromatic rings. The maximum absolute atomic E-state index is 13.8. The van der Waals surface area contributed by atoms with Gasteiger partial charge in [0.1, 0.15) is 6.61 Å². The van der Waals surface area contributed by atoms with E-state index in [1.807, 2.05) is 4.90 Å². The van der Waals surface area contributed by atoms with Gasteiger partial charge in [0.05, 0.1) is 12.1 Å². The van der Waals surface area contributed by atoms with E-state index in [0.29, 0.717) is 17.6 Å². The van der Waals surface area contributed by atoms with E-state index >= 15 is 0 Å². The van der Waals surface area contributed by atoms with Gasteiger partial charge < -0.3 is 9.64 Å². The summed E-state index contributed by atoms with van der Waals surface area (Å²) in [6.07, 6.45) is 9.56. The summed E-state index contributed by atoms with van der Waals surface area (Å²) < 4.78 is 18.9. The van der Waals surface area contributed by atoms with Gasteiger partial charge in [-0.1, -0.05) is 18.8 Å². The quantitative estimate of drug-likeness (QED) is 0.626. The van der Waals surface area contributed by atoms with Crippen molar-refractivity contribution in [2.75, 3.05) is 6.61 Å². The van der Waals surface area contributed by atoms with Gasteiger partial charge >= 0.3 is 0 Å². The molecule has 1 amide bonds. The monoisotopic (exact) mass is 273 g/mol. The predicted octanol–water partition coefficient (Wildman–Crippen LogP) is 2.60. The molecule has 20 heavy (non-hydrogen) atoms. The Labute approximate surface area is 117 Å². The second kappa shape index (κ2) is 5.16. The second-order valence-electron chi connectivity index (χ2n) is 5.27. The number of rotatable bonds is 3. The van der Waals surface area contributed by atoms with Crippen LogP contribution in [0.3, 0.4) is 0 Å². The van der Waals surface area contributed by atoms with Gasteiger partial charge in [0.25, 0.3) is 5.91 Å². The predicted molar refractivity (Wildman–Crippen MR) is 72.9 cm³/mol. The highest BCUT2D eigenvalue weighted by Crippen LogP contribution is 2.41. The van der Waals surface area contributed by atoms with E-state index in [1.54, 1.807) is 6.07 Å². The Bertz CT molecular complexity index is 566. The summed E-state index contributed by atoms with van der Waals surface area (Å²) >= 11 is 0. The van der Waals surface area contributed by atoms with Gasteiger partial charge in [0.2, 0.25) is 0 Å². The van der Waals surface area contributed by atoms with Crippen molar-refractivity contribution in [2.24, 2.45) is 0 Å². The third kappa shape index (κ3) is 2.24. The lowest BCUT2D eigenvalue weighted by Crippen LogP contribution is -2.15. The van der Waals surface area contributed by atoms with Gasteiger partial charge in [0.15, 0.2) is 11.6 Å². The van der Waals surface area contributed by atoms with Crippen LogP contribution < -0.4 is 4.74 Å². The van der Waals surface area contributed by atoms with Crippen molar-refractivity contribution in [3.8, 4) is 18.1 Å². The number of ether oxygens (including phenoxy) is 1. The molecule has 1 heterocycles. The van der Waals surface area contributed by atoms with Crippen LogP contribution in [0.1, 0.15) is 36.0 Å². The normalized spacial score (nSPS) is 23.7. The van der Waals surface area contributed by atoms with Crippen molar-refractivity contribution in [3.63, 3.8) is 0 Å². The number of amides is 1. The Balaban J connectivity index is 1.73. The Morgan fingerprint density at radius 2 is 2.10 bits per heavy atom. The molecule has 2 unspecified atom stereocenters. The molecule has 2 aliphatic rings. The number of carbonyl (C=O) groups is 1. The molecule has 0 N–H and O–H groups in total. The topological polar surface area (TPSA) is 29.3 Å². The van der Waals surface area contributed by atoms with Gasteiger partial charge in [-0.05, 0) is 31.0 Å². The average Bonchev–Trinajstić information content (AvgIpc) is 3.19. The molecule has 0 aromatic heterocycles. The van der Waals surface area contributed by atoms with E-state index < -0.39 is 5.82 Å². The van der Waals surface area contributed by atoms with Crippen LogP contribution in [0.25, 0.3) is 0 Å². The lowest BCUT2D eigenvalue weighted by atomic mass is 10.0. The van der Waals surface area contributed by atoms with Gasteiger partial charge in [-0.15, -0.1) is 6.42 Å². The average molecular weight is 273 g/mol. The standard InChI is InChI=1S/C16H16FNO2/c1-2-9-20-15-8-7-11(10-12(15)17)16(19)18-13-5-3-4-6-14(13)18/h1,7-8,10,13-14H,3-6,9H2. The summed E-state index contributed by atoms with van der Waals surface area (Å²) in [5.74, 6) is 1.74. The van der Waals surface area contributed by atoms with Crippen molar-refractivity contribution in [1.29, 1.82) is 0 Å². The molecule has 2 fully saturated rings. The van der Waals surface area contributed by atoms with Crippen LogP contribution in [-0.2, 0) is 0 Å². The molecule has 4 heteroatoms. The zero-order chi connectivity index (χ0) is 14.1. The van der Waals surface area contributed by atoms with E-state index in [2.05, 4.69) is 5.92 Å². The maximum Gasteiger partial charge on any atom is 0.254 e. The molecule has 3 nitrogen and oxygen atoms in total. The van der Waals surface area contributed by atoms with Crippen molar-refractivity contribution >= 4 is 5.91 Å². The summed E-state index contributed by atoms with van der Waals surface area (Å²) in [6, 6.07) is 5.04. The SMILES string of the molecule is C#CCOc1ccc(C(=O)N2C3CCCCC32)cc1F. The number of benzene rings is 1. The molecule has 0 spiro atoms. The minimum Gasteiger partial charge on any atom is -0.478 e. The summed E-state index contributed by atoms with van der Waals surface area (Å²) in [5.41, 5.74) is 0.380. The number of carbonyl (C=O) groups excluding carboxylic acids is 1. The highest BCUT2D eigenvalue weighted by atomic mass is 19.1. The fourth-order valence-corrected chi connectivity index (χ4v) is 3.03. The highest BCUT2D eigenvalue weighted by Gasteiger charge is 2.51. The fourth-order valence-electron chi connectivity index (χ4n) is 3.03. The smallest absolute Gasteiger partial charge is 0.254 e. The number of likely N-dealkylation sites (tertiary alicyclic amines) is 1. The zero-order valence-electron chi connectivity index (χ0n) is 11.1. The minimum absolute atomic E-state index is 0.0144. The lowest BCUT2D eigenvalue weighted by Gasteiger charge is -2.07. The van der Waals surface area contributed by atoms with Crippen molar-refractivity contribution in [1.82, 2.24) is 4.90 Å². The molecule has 1 saturated heterocycles. The number of terminal acetylenes is 1. The van der Waals surface area contributed by atoms with Gasteiger partial charge in [0, 0.05) is 5.56 Å². The summed E-state index contributed by atoms with van der Waals surface area (Å²) in [4.78, 5) is 14.2. The minimum atomic E-state index is -0.545. The molecular formula is C16H16FNO2. The van der Waals surface area contributed by atoms with E-state index in [9.17, 15) is 9.18 Å². The number of halogens is 1. The van der Waals surface area contributed by atoms with Crippen LogP contribution in [-0.4, -0.2) is 29.5 Å². The van der Waals surface area contributed by atoms with Crippen molar-refractivity contribution < 1.29 is 13.9 Å². The number of hydrogen-bond acceptors (Lipinski definition) is 2. The Kier molecular flexibility index (Phi) is 3.35. The van der Waals surface area contributed by atoms with Crippen LogP contribution in [0.15, 0.2) is 18.2 Å². The first-order valence-electron chi connectivity index (χ1n) is 6.91. The number of nitrogens with zero attached hydrogens (tertiary/aromatic N) is 1. The maximum atomic E-state index is 13.8. The third-order valence-electron chi connectivity index (χ3n) is 4.04. The highest BCUT2D eigenvalue weighted by molar-refractivity contribution is 5.96. The molecule has 2 atom stereocenters. The van der Waals surface area contributed by atoms with Gasteiger partial charge in [-0.3, -0.25) is 4.79 Å². The van der Waals surface area contributed by atoms with Crippen molar-refractivity contribution in [3.05, 3.63) is 29.6 Å². The van der Waals surface area contributed by atoms with Gasteiger partial charge in [-0.2, -0.15) is 0 Å². The summed E-state index contributed by atoms with van der Waals surface area (Å²) in [7, 11) is 0. The molecule has 0 radical (unpaired) electrons. The molecule has 1 aromatic carbocycles. The molecular weight excluding hydrogens is 257 g/mol. The van der Waals surface area contributed by atoms with Crippen molar-refractivity contribution in [2.45, 2.75) is 37.8 Å². The Morgan fingerprint density at radius 3 is 2.70 bits per heavy atom. The molecule has 104 valence electrons. The second-order valence-corrected chi connectivity index (χ2v) is 5.27. The molecule has 3 rings (SSSR count). The molecule has 1 aliphatic carbocycles. The zero-order valence-corrected chi connectivity index (χ0v) is 11.1. The third-order valence-corrected chi connectivity index (χ3v) is 4.04. The van der Waals surface area contributed by atoms with E-state index in [1.165, 1.54) is 25.0 Å². The van der Waals surface area contributed by atoms with Crippen LogP contribution in [0.4, 0.5) is 4.39 Å². The first kappa shape index (κ1) is 13.0. The Morgan fingerprint density at radius 1 is 1.40 bits per heavy atom. The van der Waals surface area contributed by atoms with Crippen LogP contribution >= 0.6 is 0 Å². The van der Waals surface area contributed by atoms with E-state index in [-0.39, 0.29) is 18.3 Å². The molecule has 1 aliphatic heterocycles. The molecule has 0 bridgehead atoms. The Hall–Kier alpha value is -2.02. The van der Waals surface area contributed by atoms with E-state index in [4.69, 9.17) is 11.2 Å². The lowest BCUT2D eigenvalue weighted by molar-refractivity contribution is 0.0864. The summed E-state index contributed by atoms with van der Waals surface area (Å²) in [5, 5.41) is 0.